The molecule has 0 spiro atoms. The highest BCUT2D eigenvalue weighted by Crippen LogP contribution is 2.19. The molecule has 0 aliphatic heterocycles. The van der Waals surface area contributed by atoms with Crippen LogP contribution < -0.4 is 5.32 Å². The van der Waals surface area contributed by atoms with Crippen molar-refractivity contribution in [2.75, 3.05) is 13.6 Å². The van der Waals surface area contributed by atoms with Gasteiger partial charge < -0.3 is 5.32 Å². The van der Waals surface area contributed by atoms with Crippen molar-refractivity contribution in [3.8, 4) is 0 Å². The number of hydrogen-bond donors (Lipinski definition) is 1. The van der Waals surface area contributed by atoms with Gasteiger partial charge in [-0.25, -0.2) is 8.42 Å². The summed E-state index contributed by atoms with van der Waals surface area (Å²) < 4.78 is 26.4. The molecule has 1 N–H and O–H groups in total. The first-order valence-corrected chi connectivity index (χ1v) is 9.75. The number of benzene rings is 2. The van der Waals surface area contributed by atoms with Crippen molar-refractivity contribution in [2.45, 2.75) is 24.8 Å². The van der Waals surface area contributed by atoms with Gasteiger partial charge in [-0.15, -0.1) is 0 Å². The van der Waals surface area contributed by atoms with Crippen LogP contribution in [0.25, 0.3) is 0 Å². The lowest BCUT2D eigenvalue weighted by molar-refractivity contribution is 0.0953. The minimum atomic E-state index is -3.60. The third kappa shape index (κ3) is 5.04. The predicted octanol–water partition coefficient (Wildman–Crippen LogP) is 3.30. The second kappa shape index (κ2) is 8.47. The summed E-state index contributed by atoms with van der Waals surface area (Å²) in [5, 5.41) is 3.29. The summed E-state index contributed by atoms with van der Waals surface area (Å²) in [4.78, 5) is 12.1. The SMILES string of the molecule is CCCNC(=O)c1ccc(CN(C)S(=O)(=O)c2ccc(Cl)cc2)cc1. The lowest BCUT2D eigenvalue weighted by Gasteiger charge is -2.17. The molecule has 25 heavy (non-hydrogen) atoms. The number of rotatable bonds is 7. The second-order valence-electron chi connectivity index (χ2n) is 5.67. The monoisotopic (exact) mass is 380 g/mol. The fourth-order valence-electron chi connectivity index (χ4n) is 2.23. The van der Waals surface area contributed by atoms with Gasteiger partial charge in [0.25, 0.3) is 5.91 Å². The number of sulfonamides is 1. The maximum absolute atomic E-state index is 12.6. The molecule has 0 unspecified atom stereocenters. The van der Waals surface area contributed by atoms with Gasteiger partial charge in [0, 0.05) is 30.7 Å². The Hall–Kier alpha value is -1.89. The van der Waals surface area contributed by atoms with Gasteiger partial charge in [0.1, 0.15) is 0 Å². The van der Waals surface area contributed by atoms with E-state index >= 15 is 0 Å². The normalized spacial score (nSPS) is 11.5. The van der Waals surface area contributed by atoms with Crippen LogP contribution in [0.1, 0.15) is 29.3 Å². The van der Waals surface area contributed by atoms with Crippen LogP contribution in [-0.2, 0) is 16.6 Å². The Morgan fingerprint density at radius 3 is 2.24 bits per heavy atom. The molecule has 2 aromatic carbocycles. The van der Waals surface area contributed by atoms with E-state index in [4.69, 9.17) is 11.6 Å². The van der Waals surface area contributed by atoms with Gasteiger partial charge in [0.05, 0.1) is 4.90 Å². The van der Waals surface area contributed by atoms with Crippen LogP contribution in [0.5, 0.6) is 0 Å². The first kappa shape index (κ1) is 19.4. The molecule has 5 nitrogen and oxygen atoms in total. The molecule has 2 rings (SSSR count). The van der Waals surface area contributed by atoms with E-state index < -0.39 is 10.0 Å². The van der Waals surface area contributed by atoms with Crippen LogP contribution >= 0.6 is 11.6 Å². The van der Waals surface area contributed by atoms with Crippen molar-refractivity contribution in [2.24, 2.45) is 0 Å². The number of amides is 1. The molecular weight excluding hydrogens is 360 g/mol. The average Bonchev–Trinajstić information content (AvgIpc) is 2.60. The molecule has 7 heteroatoms. The van der Waals surface area contributed by atoms with Gasteiger partial charge in [-0.05, 0) is 48.4 Å². The second-order valence-corrected chi connectivity index (χ2v) is 8.15. The number of hydrogen-bond acceptors (Lipinski definition) is 3. The molecule has 1 amide bonds. The summed E-state index contributed by atoms with van der Waals surface area (Å²) in [6.07, 6.45) is 0.872. The summed E-state index contributed by atoms with van der Waals surface area (Å²) in [5.74, 6) is -0.129. The van der Waals surface area contributed by atoms with E-state index in [1.54, 1.807) is 36.4 Å². The van der Waals surface area contributed by atoms with Gasteiger partial charge >= 0.3 is 0 Å². The van der Waals surface area contributed by atoms with Crippen molar-refractivity contribution in [3.63, 3.8) is 0 Å². The largest absolute Gasteiger partial charge is 0.352 e. The number of carbonyl (C=O) groups excluding carboxylic acids is 1. The third-order valence-electron chi connectivity index (χ3n) is 3.68. The summed E-state index contributed by atoms with van der Waals surface area (Å²) in [6, 6.07) is 13.0. The van der Waals surface area contributed by atoms with Gasteiger partial charge in [0.2, 0.25) is 10.0 Å². The van der Waals surface area contributed by atoms with E-state index in [0.29, 0.717) is 17.1 Å². The lowest BCUT2D eigenvalue weighted by atomic mass is 10.1. The van der Waals surface area contributed by atoms with Crippen LogP contribution in [0.3, 0.4) is 0 Å². The Morgan fingerprint density at radius 1 is 1.08 bits per heavy atom. The lowest BCUT2D eigenvalue weighted by Crippen LogP contribution is -2.26. The van der Waals surface area contributed by atoms with E-state index in [-0.39, 0.29) is 17.3 Å². The van der Waals surface area contributed by atoms with Gasteiger partial charge in [-0.1, -0.05) is 30.7 Å². The first-order chi connectivity index (χ1) is 11.8. The Morgan fingerprint density at radius 2 is 1.68 bits per heavy atom. The van der Waals surface area contributed by atoms with Crippen LogP contribution in [0.2, 0.25) is 5.02 Å². The zero-order valence-corrected chi connectivity index (χ0v) is 15.8. The zero-order chi connectivity index (χ0) is 18.4. The van der Waals surface area contributed by atoms with Crippen LogP contribution in [-0.4, -0.2) is 32.2 Å². The van der Waals surface area contributed by atoms with Crippen molar-refractivity contribution in [1.82, 2.24) is 9.62 Å². The number of halogens is 1. The van der Waals surface area contributed by atoms with Crippen LogP contribution in [0, 0.1) is 0 Å². The summed E-state index contributed by atoms with van der Waals surface area (Å²) in [7, 11) is -2.08. The van der Waals surface area contributed by atoms with Gasteiger partial charge in [-0.2, -0.15) is 4.31 Å². The molecule has 0 atom stereocenters. The van der Waals surface area contributed by atoms with Crippen molar-refractivity contribution in [1.29, 1.82) is 0 Å². The molecule has 0 fully saturated rings. The van der Waals surface area contributed by atoms with Gasteiger partial charge in [0.15, 0.2) is 0 Å². The summed E-state index contributed by atoms with van der Waals surface area (Å²) in [5.41, 5.74) is 1.35. The third-order valence-corrected chi connectivity index (χ3v) is 5.75. The van der Waals surface area contributed by atoms with E-state index in [1.807, 2.05) is 6.92 Å². The highest BCUT2D eigenvalue weighted by molar-refractivity contribution is 7.89. The molecular formula is C18H21ClN2O3S. The zero-order valence-electron chi connectivity index (χ0n) is 14.2. The number of nitrogens with zero attached hydrogens (tertiary/aromatic N) is 1. The molecule has 0 heterocycles. The fraction of sp³-hybridized carbons (Fsp3) is 0.278. The molecule has 0 radical (unpaired) electrons. The molecule has 134 valence electrons. The highest BCUT2D eigenvalue weighted by Gasteiger charge is 2.20. The Kier molecular flexibility index (Phi) is 6.58. The number of carbonyl (C=O) groups is 1. The maximum atomic E-state index is 12.6. The fourth-order valence-corrected chi connectivity index (χ4v) is 3.52. The molecule has 0 aromatic heterocycles. The minimum Gasteiger partial charge on any atom is -0.352 e. The minimum absolute atomic E-state index is 0.129. The molecule has 0 saturated heterocycles. The van der Waals surface area contributed by atoms with Crippen molar-refractivity contribution < 1.29 is 13.2 Å². The van der Waals surface area contributed by atoms with E-state index in [9.17, 15) is 13.2 Å². The molecule has 0 aliphatic carbocycles. The smallest absolute Gasteiger partial charge is 0.251 e. The maximum Gasteiger partial charge on any atom is 0.251 e. The Balaban J connectivity index is 2.08. The standard InChI is InChI=1S/C18H21ClN2O3S/c1-3-12-20-18(22)15-6-4-14(5-7-15)13-21(2)25(23,24)17-10-8-16(19)9-11-17/h4-11H,3,12-13H2,1-2H3,(H,20,22). The molecule has 0 saturated carbocycles. The summed E-state index contributed by atoms with van der Waals surface area (Å²) >= 11 is 5.80. The Labute approximate surface area is 153 Å². The Bertz CT molecular complexity index is 818. The van der Waals surface area contributed by atoms with Crippen LogP contribution in [0.4, 0.5) is 0 Å². The summed E-state index contributed by atoms with van der Waals surface area (Å²) in [6.45, 7) is 2.82. The van der Waals surface area contributed by atoms with E-state index in [2.05, 4.69) is 5.32 Å². The quantitative estimate of drug-likeness (QED) is 0.801. The van der Waals surface area contributed by atoms with E-state index in [1.165, 1.54) is 23.5 Å². The van der Waals surface area contributed by atoms with Crippen molar-refractivity contribution in [3.05, 3.63) is 64.7 Å². The number of nitrogens with one attached hydrogen (secondary N) is 1. The predicted molar refractivity (Wildman–Crippen MR) is 99.2 cm³/mol. The molecule has 0 aliphatic rings. The van der Waals surface area contributed by atoms with E-state index in [0.717, 1.165) is 12.0 Å². The molecule has 2 aromatic rings. The molecule has 0 bridgehead atoms. The average molecular weight is 381 g/mol. The highest BCUT2D eigenvalue weighted by atomic mass is 35.5. The van der Waals surface area contributed by atoms with Crippen molar-refractivity contribution >= 4 is 27.5 Å². The topological polar surface area (TPSA) is 66.5 Å². The van der Waals surface area contributed by atoms with Crippen LogP contribution in [0.15, 0.2) is 53.4 Å². The van der Waals surface area contributed by atoms with Gasteiger partial charge in [-0.3, -0.25) is 4.79 Å². The first-order valence-electron chi connectivity index (χ1n) is 7.93.